The lowest BCUT2D eigenvalue weighted by Gasteiger charge is -2.35. The Bertz CT molecular complexity index is 1010. The number of piperidine rings is 1. The molecule has 10 heteroatoms. The molecule has 2 unspecified atom stereocenters. The van der Waals surface area contributed by atoms with Crippen molar-refractivity contribution in [2.75, 3.05) is 19.8 Å². The molecular formula is C26H33NO9. The van der Waals surface area contributed by atoms with Gasteiger partial charge in [0.15, 0.2) is 11.7 Å². The first-order chi connectivity index (χ1) is 16.9. The quantitative estimate of drug-likeness (QED) is 0.164. The van der Waals surface area contributed by atoms with E-state index in [2.05, 4.69) is 0 Å². The average molecular weight is 504 g/mol. The van der Waals surface area contributed by atoms with Gasteiger partial charge in [-0.3, -0.25) is 24.1 Å². The fraction of sp³-hybridized carbons (Fsp3) is 0.538. The monoisotopic (exact) mass is 503 g/mol. The van der Waals surface area contributed by atoms with E-state index in [0.29, 0.717) is 12.8 Å². The lowest BCUT2D eigenvalue weighted by atomic mass is 9.87. The second kappa shape index (κ2) is 12.4. The summed E-state index contributed by atoms with van der Waals surface area (Å²) in [5, 5.41) is 0. The van der Waals surface area contributed by atoms with Crippen LogP contribution in [-0.4, -0.2) is 71.7 Å². The molecule has 1 heterocycles. The van der Waals surface area contributed by atoms with Gasteiger partial charge in [0.25, 0.3) is 0 Å². The Morgan fingerprint density at radius 3 is 2.06 bits per heavy atom. The third-order valence-electron chi connectivity index (χ3n) is 5.40. The van der Waals surface area contributed by atoms with Crippen LogP contribution in [0.5, 0.6) is 0 Å². The number of Topliss-reactive ketones (excluding diaryl/α,β-unsaturated/α-hetero) is 3. The molecule has 1 amide bonds. The second-order valence-electron chi connectivity index (χ2n) is 9.26. The van der Waals surface area contributed by atoms with Gasteiger partial charge in [-0.15, -0.1) is 0 Å². The molecule has 1 saturated heterocycles. The molecule has 0 bridgehead atoms. The van der Waals surface area contributed by atoms with E-state index in [4.69, 9.17) is 14.2 Å². The molecule has 1 fully saturated rings. The number of hydrogen-bond acceptors (Lipinski definition) is 9. The van der Waals surface area contributed by atoms with Gasteiger partial charge < -0.3 is 14.2 Å². The third-order valence-corrected chi connectivity index (χ3v) is 5.40. The molecule has 196 valence electrons. The first-order valence-electron chi connectivity index (χ1n) is 12.0. The molecule has 10 nitrogen and oxygen atoms in total. The Kier molecular flexibility index (Phi) is 9.89. The van der Waals surface area contributed by atoms with E-state index in [9.17, 15) is 28.8 Å². The molecule has 2 atom stereocenters. The topological polar surface area (TPSA) is 133 Å². The summed E-state index contributed by atoms with van der Waals surface area (Å²) in [4.78, 5) is 78.1. The van der Waals surface area contributed by atoms with Crippen LogP contribution >= 0.6 is 0 Å². The minimum absolute atomic E-state index is 0.0603. The van der Waals surface area contributed by atoms with Gasteiger partial charge in [-0.2, -0.15) is 0 Å². The van der Waals surface area contributed by atoms with E-state index in [1.54, 1.807) is 27.7 Å². The van der Waals surface area contributed by atoms with Gasteiger partial charge in [0, 0.05) is 12.1 Å². The van der Waals surface area contributed by atoms with E-state index in [1.165, 1.54) is 36.1 Å². The van der Waals surface area contributed by atoms with Crippen molar-refractivity contribution in [3.8, 4) is 0 Å². The fourth-order valence-electron chi connectivity index (χ4n) is 3.76. The highest BCUT2D eigenvalue weighted by Gasteiger charge is 2.45. The molecule has 0 aliphatic carbocycles. The molecule has 1 aromatic rings. The first kappa shape index (κ1) is 28.7. The zero-order valence-corrected chi connectivity index (χ0v) is 21.3. The first-order valence-corrected chi connectivity index (χ1v) is 12.0. The van der Waals surface area contributed by atoms with Crippen LogP contribution in [0.25, 0.3) is 0 Å². The Morgan fingerprint density at radius 1 is 0.917 bits per heavy atom. The van der Waals surface area contributed by atoms with Crippen LogP contribution in [-0.2, 0) is 28.6 Å². The van der Waals surface area contributed by atoms with Crippen LogP contribution < -0.4 is 0 Å². The lowest BCUT2D eigenvalue weighted by Crippen LogP contribution is -2.53. The minimum atomic E-state index is -2.03. The average Bonchev–Trinajstić information content (AvgIpc) is 2.83. The third kappa shape index (κ3) is 7.22. The maximum absolute atomic E-state index is 13.3. The van der Waals surface area contributed by atoms with Crippen molar-refractivity contribution in [2.45, 2.75) is 65.5 Å². The molecule has 0 N–H and O–H groups in total. The summed E-state index contributed by atoms with van der Waals surface area (Å²) in [6.45, 7) is 8.45. The zero-order valence-electron chi connectivity index (χ0n) is 21.3. The van der Waals surface area contributed by atoms with Gasteiger partial charge in [-0.25, -0.2) is 9.59 Å². The molecular weight excluding hydrogens is 470 g/mol. The molecule has 36 heavy (non-hydrogen) atoms. The number of nitrogens with zero attached hydrogens (tertiary/aromatic N) is 1. The van der Waals surface area contributed by atoms with Crippen molar-refractivity contribution in [1.29, 1.82) is 0 Å². The predicted molar refractivity (Wildman–Crippen MR) is 127 cm³/mol. The standard InChI is InChI=1S/C26H33NO9/c1-6-34-23(31)17-13-11-16(12-14-17)20(28)19(24(32)35-7-2)22(30)21(29)18-10-8-9-15-27(18)25(33)36-26(3,4)5/h11-14,18-19H,6-10,15H2,1-5H3. The summed E-state index contributed by atoms with van der Waals surface area (Å²) < 4.78 is 15.2. The summed E-state index contributed by atoms with van der Waals surface area (Å²) in [5.41, 5.74) is -0.695. The number of ketones is 3. The highest BCUT2D eigenvalue weighted by molar-refractivity contribution is 6.48. The van der Waals surface area contributed by atoms with Gasteiger partial charge in [0.05, 0.1) is 18.8 Å². The van der Waals surface area contributed by atoms with E-state index < -0.39 is 52.9 Å². The van der Waals surface area contributed by atoms with Crippen molar-refractivity contribution < 1.29 is 43.0 Å². The van der Waals surface area contributed by atoms with Gasteiger partial charge in [0.1, 0.15) is 11.6 Å². The Morgan fingerprint density at radius 2 is 1.50 bits per heavy atom. The highest BCUT2D eigenvalue weighted by Crippen LogP contribution is 2.24. The number of carbonyl (C=O) groups is 6. The number of likely N-dealkylation sites (tertiary alicyclic amines) is 1. The maximum atomic E-state index is 13.3. The number of carbonyl (C=O) groups excluding carboxylic acids is 6. The smallest absolute Gasteiger partial charge is 0.410 e. The van der Waals surface area contributed by atoms with Crippen molar-refractivity contribution in [2.24, 2.45) is 5.92 Å². The SMILES string of the molecule is CCOC(=O)c1ccc(C(=O)C(C(=O)OCC)C(=O)C(=O)C2CCCCN2C(=O)OC(C)(C)C)cc1. The maximum Gasteiger partial charge on any atom is 0.410 e. The van der Waals surface area contributed by atoms with Gasteiger partial charge in [-0.05, 0) is 66.0 Å². The molecule has 2 rings (SSSR count). The van der Waals surface area contributed by atoms with Gasteiger partial charge in [0.2, 0.25) is 11.6 Å². The predicted octanol–water partition coefficient (Wildman–Crippen LogP) is 3.15. The summed E-state index contributed by atoms with van der Waals surface area (Å²) >= 11 is 0. The van der Waals surface area contributed by atoms with Crippen molar-refractivity contribution in [3.63, 3.8) is 0 Å². The van der Waals surface area contributed by atoms with Crippen molar-refractivity contribution in [1.82, 2.24) is 4.90 Å². The minimum Gasteiger partial charge on any atom is -0.465 e. The number of rotatable bonds is 9. The molecule has 0 radical (unpaired) electrons. The highest BCUT2D eigenvalue weighted by atomic mass is 16.6. The van der Waals surface area contributed by atoms with Crippen LogP contribution in [0.15, 0.2) is 24.3 Å². The Hall–Kier alpha value is -3.56. The zero-order chi connectivity index (χ0) is 27.0. The summed E-state index contributed by atoms with van der Waals surface area (Å²) in [6.07, 6.45) is 0.643. The Balaban J connectivity index is 2.33. The normalized spacial score (nSPS) is 16.5. The number of ether oxygens (including phenoxy) is 3. The van der Waals surface area contributed by atoms with Crippen LogP contribution in [0.1, 0.15) is 74.6 Å². The van der Waals surface area contributed by atoms with E-state index in [-0.39, 0.29) is 37.3 Å². The van der Waals surface area contributed by atoms with Crippen LogP contribution in [0, 0.1) is 5.92 Å². The largest absolute Gasteiger partial charge is 0.465 e. The second-order valence-corrected chi connectivity index (χ2v) is 9.26. The van der Waals surface area contributed by atoms with Gasteiger partial charge >= 0.3 is 18.0 Å². The van der Waals surface area contributed by atoms with Crippen molar-refractivity contribution >= 4 is 35.4 Å². The fourth-order valence-corrected chi connectivity index (χ4v) is 3.76. The van der Waals surface area contributed by atoms with E-state index >= 15 is 0 Å². The number of hydrogen-bond donors (Lipinski definition) is 0. The molecule has 1 aromatic carbocycles. The summed E-state index contributed by atoms with van der Waals surface area (Å²) in [7, 11) is 0. The van der Waals surface area contributed by atoms with E-state index in [1.807, 2.05) is 0 Å². The lowest BCUT2D eigenvalue weighted by molar-refractivity contribution is -0.153. The number of benzene rings is 1. The Labute approximate surface area is 210 Å². The summed E-state index contributed by atoms with van der Waals surface area (Å²) in [5.74, 6) is -7.02. The molecule has 0 spiro atoms. The van der Waals surface area contributed by atoms with Gasteiger partial charge in [-0.1, -0.05) is 12.1 Å². The van der Waals surface area contributed by atoms with Crippen LogP contribution in [0.3, 0.4) is 0 Å². The summed E-state index contributed by atoms with van der Waals surface area (Å²) in [6, 6.07) is 4.03. The molecule has 1 aliphatic rings. The number of amides is 1. The number of esters is 2. The van der Waals surface area contributed by atoms with Crippen LogP contribution in [0.4, 0.5) is 4.79 Å². The molecule has 0 saturated carbocycles. The van der Waals surface area contributed by atoms with Crippen molar-refractivity contribution in [3.05, 3.63) is 35.4 Å². The van der Waals surface area contributed by atoms with E-state index in [0.717, 1.165) is 0 Å². The molecule has 0 aromatic heterocycles. The van der Waals surface area contributed by atoms with Crippen LogP contribution in [0.2, 0.25) is 0 Å². The molecule has 1 aliphatic heterocycles.